The summed E-state index contributed by atoms with van der Waals surface area (Å²) in [5.41, 5.74) is 6.35. The van der Waals surface area contributed by atoms with E-state index in [4.69, 9.17) is 5.73 Å². The number of carbonyl (C=O) groups excluding carboxylic acids is 1. The Morgan fingerprint density at radius 3 is 2.35 bits per heavy atom. The molecule has 0 bridgehead atoms. The highest BCUT2D eigenvalue weighted by Crippen LogP contribution is 2.38. The molecule has 0 saturated heterocycles. The molecule has 0 unspecified atom stereocenters. The first-order valence-corrected chi connectivity index (χ1v) is 7.58. The van der Waals surface area contributed by atoms with E-state index in [2.05, 4.69) is 10.1 Å². The molecule has 0 spiro atoms. The van der Waals surface area contributed by atoms with Crippen molar-refractivity contribution in [3.63, 3.8) is 0 Å². The second-order valence-corrected chi connectivity index (χ2v) is 5.89. The summed E-state index contributed by atoms with van der Waals surface area (Å²) >= 11 is 0. The van der Waals surface area contributed by atoms with Crippen LogP contribution in [0.25, 0.3) is 0 Å². The van der Waals surface area contributed by atoms with Gasteiger partial charge in [0.1, 0.15) is 5.75 Å². The molecule has 0 heterocycles. The SMILES string of the molecule is Cl.NCC1(CC(=O)Nc2ccc(OC(F)F)cc2)CCCCC1. The van der Waals surface area contributed by atoms with Crippen LogP contribution in [0.4, 0.5) is 14.5 Å². The molecule has 23 heavy (non-hydrogen) atoms. The summed E-state index contributed by atoms with van der Waals surface area (Å²) in [6.45, 7) is -2.34. The Balaban J connectivity index is 0.00000264. The van der Waals surface area contributed by atoms with Gasteiger partial charge < -0.3 is 15.8 Å². The fourth-order valence-electron chi connectivity index (χ4n) is 3.02. The Bertz CT molecular complexity index is 491. The van der Waals surface area contributed by atoms with Gasteiger partial charge in [-0.25, -0.2) is 0 Å². The summed E-state index contributed by atoms with van der Waals surface area (Å²) in [5.74, 6) is -0.0198. The van der Waals surface area contributed by atoms with Crippen molar-refractivity contribution >= 4 is 24.0 Å². The van der Waals surface area contributed by atoms with Gasteiger partial charge in [0.25, 0.3) is 0 Å². The van der Waals surface area contributed by atoms with Crippen molar-refractivity contribution in [2.45, 2.75) is 45.1 Å². The Labute approximate surface area is 141 Å². The fourth-order valence-corrected chi connectivity index (χ4v) is 3.02. The summed E-state index contributed by atoms with van der Waals surface area (Å²) in [7, 11) is 0. The molecule has 0 atom stereocenters. The predicted octanol–water partition coefficient (Wildman–Crippen LogP) is 3.95. The highest BCUT2D eigenvalue weighted by molar-refractivity contribution is 5.91. The molecule has 1 aromatic carbocycles. The lowest BCUT2D eigenvalue weighted by molar-refractivity contribution is -0.118. The summed E-state index contributed by atoms with van der Waals surface area (Å²) in [5, 5.41) is 2.79. The van der Waals surface area contributed by atoms with Crippen LogP contribution in [-0.2, 0) is 4.79 Å². The predicted molar refractivity (Wildman–Crippen MR) is 88.1 cm³/mol. The van der Waals surface area contributed by atoms with E-state index in [1.54, 1.807) is 12.1 Å². The number of hydrogen-bond acceptors (Lipinski definition) is 3. The summed E-state index contributed by atoms with van der Waals surface area (Å²) in [6, 6.07) is 5.90. The van der Waals surface area contributed by atoms with Gasteiger partial charge >= 0.3 is 6.61 Å². The highest BCUT2D eigenvalue weighted by atomic mass is 35.5. The topological polar surface area (TPSA) is 64.4 Å². The molecule has 0 aromatic heterocycles. The maximum Gasteiger partial charge on any atom is 0.387 e. The van der Waals surface area contributed by atoms with E-state index in [1.165, 1.54) is 18.6 Å². The first-order chi connectivity index (χ1) is 10.5. The van der Waals surface area contributed by atoms with E-state index in [9.17, 15) is 13.6 Å². The molecule has 7 heteroatoms. The molecule has 3 N–H and O–H groups in total. The number of ether oxygens (including phenoxy) is 1. The minimum atomic E-state index is -2.85. The number of nitrogens with two attached hydrogens (primary N) is 1. The average Bonchev–Trinajstić information content (AvgIpc) is 2.49. The molecule has 1 saturated carbocycles. The van der Waals surface area contributed by atoms with Crippen LogP contribution in [0.1, 0.15) is 38.5 Å². The Hall–Kier alpha value is -1.40. The molecule has 2 rings (SSSR count). The van der Waals surface area contributed by atoms with Gasteiger partial charge in [-0.1, -0.05) is 19.3 Å². The van der Waals surface area contributed by atoms with E-state index in [0.29, 0.717) is 18.7 Å². The first-order valence-electron chi connectivity index (χ1n) is 7.58. The summed E-state index contributed by atoms with van der Waals surface area (Å²) in [6.07, 6.45) is 5.80. The van der Waals surface area contributed by atoms with Crippen LogP contribution in [0.5, 0.6) is 5.75 Å². The van der Waals surface area contributed by atoms with Crippen molar-refractivity contribution in [3.05, 3.63) is 24.3 Å². The van der Waals surface area contributed by atoms with Crippen LogP contribution in [0.2, 0.25) is 0 Å². The Morgan fingerprint density at radius 2 is 1.83 bits per heavy atom. The third-order valence-corrected chi connectivity index (χ3v) is 4.25. The molecule has 4 nitrogen and oxygen atoms in total. The molecule has 1 amide bonds. The third kappa shape index (κ3) is 5.95. The number of carbonyl (C=O) groups is 1. The molecule has 1 aliphatic rings. The molecule has 1 fully saturated rings. The lowest BCUT2D eigenvalue weighted by Crippen LogP contribution is -2.36. The van der Waals surface area contributed by atoms with Crippen LogP contribution in [0, 0.1) is 5.41 Å². The molecule has 0 radical (unpaired) electrons. The number of anilines is 1. The lowest BCUT2D eigenvalue weighted by atomic mass is 9.71. The highest BCUT2D eigenvalue weighted by Gasteiger charge is 2.32. The van der Waals surface area contributed by atoms with Crippen LogP contribution in [0.3, 0.4) is 0 Å². The van der Waals surface area contributed by atoms with Gasteiger partial charge in [0.15, 0.2) is 0 Å². The molecular formula is C16H23ClF2N2O2. The van der Waals surface area contributed by atoms with Crippen LogP contribution in [0.15, 0.2) is 24.3 Å². The minimum Gasteiger partial charge on any atom is -0.435 e. The number of rotatable bonds is 6. The second kappa shape index (κ2) is 9.03. The van der Waals surface area contributed by atoms with Crippen LogP contribution < -0.4 is 15.8 Å². The molecule has 1 aromatic rings. The molecule has 1 aliphatic carbocycles. The van der Waals surface area contributed by atoms with Gasteiger partial charge in [0.2, 0.25) is 5.91 Å². The van der Waals surface area contributed by atoms with E-state index in [1.807, 2.05) is 0 Å². The number of alkyl halides is 2. The van der Waals surface area contributed by atoms with Crippen LogP contribution in [-0.4, -0.2) is 19.1 Å². The monoisotopic (exact) mass is 348 g/mol. The largest absolute Gasteiger partial charge is 0.435 e. The van der Waals surface area contributed by atoms with Gasteiger partial charge in [-0.15, -0.1) is 12.4 Å². The maximum atomic E-state index is 12.2. The standard InChI is InChI=1S/C16H22F2N2O2.ClH/c17-15(18)22-13-6-4-12(5-7-13)20-14(21)10-16(11-19)8-2-1-3-9-16;/h4-7,15H,1-3,8-11,19H2,(H,20,21);1H. The van der Waals surface area contributed by atoms with Crippen molar-refractivity contribution in [1.82, 2.24) is 0 Å². The van der Waals surface area contributed by atoms with Crippen molar-refractivity contribution in [2.24, 2.45) is 11.1 Å². The van der Waals surface area contributed by atoms with Crippen LogP contribution >= 0.6 is 12.4 Å². The van der Waals surface area contributed by atoms with Gasteiger partial charge in [-0.05, 0) is 49.1 Å². The van der Waals surface area contributed by atoms with Gasteiger partial charge in [-0.2, -0.15) is 8.78 Å². The number of halogens is 3. The zero-order valence-corrected chi connectivity index (χ0v) is 13.7. The molecule has 130 valence electrons. The number of benzene rings is 1. The second-order valence-electron chi connectivity index (χ2n) is 5.89. The first kappa shape index (κ1) is 19.6. The number of nitrogens with one attached hydrogen (secondary N) is 1. The number of amides is 1. The van der Waals surface area contributed by atoms with Crippen molar-refractivity contribution < 1.29 is 18.3 Å². The summed E-state index contributed by atoms with van der Waals surface area (Å²) < 4.78 is 28.4. The third-order valence-electron chi connectivity index (χ3n) is 4.25. The van der Waals surface area contributed by atoms with Crippen molar-refractivity contribution in [2.75, 3.05) is 11.9 Å². The van der Waals surface area contributed by atoms with Crippen molar-refractivity contribution in [1.29, 1.82) is 0 Å². The fraction of sp³-hybridized carbons (Fsp3) is 0.562. The lowest BCUT2D eigenvalue weighted by Gasteiger charge is -2.35. The Kier molecular flexibility index (Phi) is 7.72. The smallest absolute Gasteiger partial charge is 0.387 e. The molecular weight excluding hydrogens is 326 g/mol. The minimum absolute atomic E-state index is 0. The average molecular weight is 349 g/mol. The van der Waals surface area contributed by atoms with Gasteiger partial charge in [0, 0.05) is 12.1 Å². The van der Waals surface area contributed by atoms with E-state index < -0.39 is 6.61 Å². The van der Waals surface area contributed by atoms with E-state index in [0.717, 1.165) is 25.7 Å². The quantitative estimate of drug-likeness (QED) is 0.818. The number of hydrogen-bond donors (Lipinski definition) is 2. The maximum absolute atomic E-state index is 12.2. The summed E-state index contributed by atoms with van der Waals surface area (Å²) in [4.78, 5) is 12.2. The van der Waals surface area contributed by atoms with E-state index >= 15 is 0 Å². The Morgan fingerprint density at radius 1 is 1.22 bits per heavy atom. The zero-order valence-electron chi connectivity index (χ0n) is 12.9. The van der Waals surface area contributed by atoms with Crippen molar-refractivity contribution in [3.8, 4) is 5.75 Å². The van der Waals surface area contributed by atoms with E-state index in [-0.39, 0.29) is 29.5 Å². The van der Waals surface area contributed by atoms with Gasteiger partial charge in [0.05, 0.1) is 0 Å². The van der Waals surface area contributed by atoms with Gasteiger partial charge in [-0.3, -0.25) is 4.79 Å². The normalized spacial score (nSPS) is 16.5. The molecule has 0 aliphatic heterocycles. The zero-order chi connectivity index (χ0) is 16.0.